The van der Waals surface area contributed by atoms with E-state index in [1.807, 2.05) is 49.9 Å². The molecule has 2 aliphatic heterocycles. The van der Waals surface area contributed by atoms with Gasteiger partial charge in [-0.15, -0.1) is 0 Å². The number of aromatic nitrogens is 4. The van der Waals surface area contributed by atoms with Crippen LogP contribution in [-0.2, 0) is 24.5 Å². The van der Waals surface area contributed by atoms with Gasteiger partial charge >= 0.3 is 12.2 Å². The Bertz CT molecular complexity index is 1920. The summed E-state index contributed by atoms with van der Waals surface area (Å²) in [4.78, 5) is 71.9. The SMILES string of the molecule is CCC(C)[C@H](NC(=O)OC)C(=O)N1CCC[C@H]1c1ncc(C2=CCC(C)(c3ccc(-c4cnc([C@@H]5CCCN5C(=O)[C@@H](NC(=O)OC)C(C)CC)[nH]4)cc3)CC2)[nH]1. The Morgan fingerprint density at radius 1 is 0.807 bits per heavy atom. The second-order valence-corrected chi connectivity index (χ2v) is 16.3. The topological polar surface area (TPSA) is 175 Å². The molecule has 4 heterocycles. The van der Waals surface area contributed by atoms with Crippen molar-refractivity contribution in [1.82, 2.24) is 40.4 Å². The van der Waals surface area contributed by atoms with Gasteiger partial charge in [-0.3, -0.25) is 9.59 Å². The van der Waals surface area contributed by atoms with Crippen LogP contribution in [0.25, 0.3) is 16.8 Å². The largest absolute Gasteiger partial charge is 0.453 e. The number of methoxy groups -OCH3 is 2. The van der Waals surface area contributed by atoms with Gasteiger partial charge in [0.25, 0.3) is 0 Å². The molecule has 0 saturated carbocycles. The van der Waals surface area contributed by atoms with E-state index in [0.29, 0.717) is 13.1 Å². The van der Waals surface area contributed by atoms with Crippen molar-refractivity contribution in [3.05, 3.63) is 65.6 Å². The highest BCUT2D eigenvalue weighted by molar-refractivity contribution is 5.87. The molecule has 14 nitrogen and oxygen atoms in total. The normalized spacial score (nSPS) is 23.0. The Hall–Kier alpha value is -5.14. The summed E-state index contributed by atoms with van der Waals surface area (Å²) in [6.45, 7) is 11.5. The number of rotatable bonds is 13. The zero-order valence-corrected chi connectivity index (χ0v) is 34.5. The monoisotopic (exact) mass is 784 g/mol. The van der Waals surface area contributed by atoms with Crippen molar-refractivity contribution in [2.24, 2.45) is 11.8 Å². The summed E-state index contributed by atoms with van der Waals surface area (Å²) in [7, 11) is 2.61. The van der Waals surface area contributed by atoms with Crippen LogP contribution in [0.15, 0.2) is 42.7 Å². The smallest absolute Gasteiger partial charge is 0.407 e. The molecule has 14 heteroatoms. The fourth-order valence-electron chi connectivity index (χ4n) is 8.57. The van der Waals surface area contributed by atoms with E-state index in [2.05, 4.69) is 57.9 Å². The van der Waals surface area contributed by atoms with Crippen LogP contribution in [0, 0.1) is 11.8 Å². The fourth-order valence-corrected chi connectivity index (χ4v) is 8.57. The van der Waals surface area contributed by atoms with E-state index in [-0.39, 0.29) is 41.1 Å². The number of carbonyl (C=O) groups excluding carboxylic acids is 4. The second kappa shape index (κ2) is 18.0. The average molecular weight is 785 g/mol. The van der Waals surface area contributed by atoms with Gasteiger partial charge in [0.15, 0.2) is 0 Å². The third-order valence-corrected chi connectivity index (χ3v) is 12.8. The van der Waals surface area contributed by atoms with Gasteiger partial charge in [-0.1, -0.05) is 77.8 Å². The third kappa shape index (κ3) is 8.89. The summed E-state index contributed by atoms with van der Waals surface area (Å²) in [6.07, 6.45) is 12.4. The molecule has 4 amide bonds. The maximum absolute atomic E-state index is 13.7. The lowest BCUT2D eigenvalue weighted by atomic mass is 9.71. The van der Waals surface area contributed by atoms with Crippen LogP contribution < -0.4 is 10.6 Å². The molecule has 3 unspecified atom stereocenters. The minimum atomic E-state index is -0.666. The second-order valence-electron chi connectivity index (χ2n) is 16.3. The zero-order valence-electron chi connectivity index (χ0n) is 34.5. The number of allylic oxidation sites excluding steroid dienone is 2. The van der Waals surface area contributed by atoms with Gasteiger partial charge in [0, 0.05) is 13.1 Å². The highest BCUT2D eigenvalue weighted by Crippen LogP contribution is 2.42. The standard InChI is InChI=1S/C43H60N8O6/c1-8-26(3)35(48-41(54)56-6)39(52)50-22-10-12-33(50)37-44-24-31(46-37)28-14-16-30(17-15-28)43(5)20-18-29(19-21-43)32-25-45-38(47-32)34-13-11-23-51(34)40(53)36(27(4)9-2)49-42(55)57-7/h14-18,24-27,33-36H,8-13,19-23H2,1-7H3,(H,44,46)(H,45,47)(H,48,54)(H,49,55)/t26?,27?,33-,34-,35-,36-,43?/m0/s1. The molecular formula is C43H60N8O6. The molecule has 3 aromatic rings. The third-order valence-electron chi connectivity index (χ3n) is 12.8. The van der Waals surface area contributed by atoms with Gasteiger partial charge in [0.2, 0.25) is 11.8 Å². The van der Waals surface area contributed by atoms with Crippen molar-refractivity contribution in [1.29, 1.82) is 0 Å². The van der Waals surface area contributed by atoms with Crippen molar-refractivity contribution in [2.45, 2.75) is 122 Å². The number of nitrogens with one attached hydrogen (secondary N) is 4. The van der Waals surface area contributed by atoms with Crippen LogP contribution >= 0.6 is 0 Å². The van der Waals surface area contributed by atoms with Gasteiger partial charge in [-0.25, -0.2) is 19.6 Å². The number of nitrogens with zero attached hydrogens (tertiary/aromatic N) is 4. The number of H-pyrrole nitrogens is 2. The molecule has 1 aliphatic carbocycles. The van der Waals surface area contributed by atoms with E-state index >= 15 is 0 Å². The maximum atomic E-state index is 13.7. The summed E-state index contributed by atoms with van der Waals surface area (Å²) in [5.74, 6) is 1.23. The number of alkyl carbamates (subject to hydrolysis) is 2. The van der Waals surface area contributed by atoms with Gasteiger partial charge in [0.05, 0.1) is 50.1 Å². The lowest BCUT2D eigenvalue weighted by Crippen LogP contribution is -2.51. The Kier molecular flexibility index (Phi) is 13.1. The Morgan fingerprint density at radius 3 is 1.75 bits per heavy atom. The van der Waals surface area contributed by atoms with E-state index in [4.69, 9.17) is 19.4 Å². The molecule has 0 spiro atoms. The minimum Gasteiger partial charge on any atom is -0.453 e. The number of likely N-dealkylation sites (tertiary alicyclic amines) is 2. The van der Waals surface area contributed by atoms with Crippen molar-refractivity contribution in [2.75, 3.05) is 27.3 Å². The first-order chi connectivity index (χ1) is 27.4. The summed E-state index contributed by atoms with van der Waals surface area (Å²) in [6, 6.07) is 6.99. The van der Waals surface area contributed by atoms with Crippen molar-refractivity contribution in [3.8, 4) is 11.3 Å². The van der Waals surface area contributed by atoms with Crippen LogP contribution in [0.5, 0.6) is 0 Å². The zero-order chi connectivity index (χ0) is 40.9. The number of hydrogen-bond donors (Lipinski definition) is 4. The summed E-state index contributed by atoms with van der Waals surface area (Å²) in [5, 5.41) is 5.52. The number of carbonyl (C=O) groups is 4. The van der Waals surface area contributed by atoms with Gasteiger partial charge in [-0.05, 0) is 78.9 Å². The van der Waals surface area contributed by atoms with Crippen molar-refractivity contribution < 1.29 is 28.7 Å². The van der Waals surface area contributed by atoms with Crippen LogP contribution in [0.3, 0.4) is 0 Å². The first-order valence-corrected chi connectivity index (χ1v) is 20.6. The molecule has 7 atom stereocenters. The first kappa shape index (κ1) is 41.5. The molecule has 57 heavy (non-hydrogen) atoms. The molecule has 308 valence electrons. The van der Waals surface area contributed by atoms with E-state index in [1.165, 1.54) is 25.4 Å². The Labute approximate surface area is 336 Å². The first-order valence-electron chi connectivity index (χ1n) is 20.6. The predicted octanol–water partition coefficient (Wildman–Crippen LogP) is 7.19. The highest BCUT2D eigenvalue weighted by atomic mass is 16.5. The van der Waals surface area contributed by atoms with E-state index in [1.54, 1.807) is 0 Å². The van der Waals surface area contributed by atoms with Crippen molar-refractivity contribution >= 4 is 29.6 Å². The molecule has 2 fully saturated rings. The lowest BCUT2D eigenvalue weighted by Gasteiger charge is -2.33. The maximum Gasteiger partial charge on any atom is 0.407 e. The van der Waals surface area contributed by atoms with Gasteiger partial charge in [0.1, 0.15) is 23.7 Å². The summed E-state index contributed by atoms with van der Waals surface area (Å²) >= 11 is 0. The van der Waals surface area contributed by atoms with Crippen LogP contribution in [0.1, 0.15) is 127 Å². The van der Waals surface area contributed by atoms with Crippen LogP contribution in [0.4, 0.5) is 9.59 Å². The molecule has 6 rings (SSSR count). The summed E-state index contributed by atoms with van der Waals surface area (Å²) < 4.78 is 9.63. The van der Waals surface area contributed by atoms with Crippen LogP contribution in [0.2, 0.25) is 0 Å². The molecule has 2 saturated heterocycles. The average Bonchev–Trinajstić information content (AvgIpc) is 4.08. The number of benzene rings is 1. The highest BCUT2D eigenvalue weighted by Gasteiger charge is 2.40. The molecule has 2 aromatic heterocycles. The van der Waals surface area contributed by atoms with Gasteiger partial charge in [-0.2, -0.15) is 0 Å². The number of ether oxygens (including phenoxy) is 2. The number of hydrogen-bond acceptors (Lipinski definition) is 8. The number of amides is 4. The van der Waals surface area contributed by atoms with E-state index in [0.717, 1.165) is 86.4 Å². The molecule has 1 aromatic carbocycles. The van der Waals surface area contributed by atoms with Crippen LogP contribution in [-0.4, -0.2) is 93.1 Å². The Balaban J connectivity index is 1.10. The predicted molar refractivity (Wildman–Crippen MR) is 217 cm³/mol. The molecule has 4 N–H and O–H groups in total. The minimum absolute atomic E-state index is 0.0363. The van der Waals surface area contributed by atoms with E-state index in [9.17, 15) is 19.2 Å². The lowest BCUT2D eigenvalue weighted by molar-refractivity contribution is -0.136. The molecule has 3 aliphatic rings. The van der Waals surface area contributed by atoms with Gasteiger partial charge < -0.3 is 39.9 Å². The summed E-state index contributed by atoms with van der Waals surface area (Å²) in [5.41, 5.74) is 5.36. The molecule has 0 bridgehead atoms. The number of imidazole rings is 2. The number of aromatic amines is 2. The Morgan fingerprint density at radius 2 is 1.30 bits per heavy atom. The van der Waals surface area contributed by atoms with E-state index < -0.39 is 24.3 Å². The quantitative estimate of drug-likeness (QED) is 0.141. The van der Waals surface area contributed by atoms with Crippen molar-refractivity contribution in [3.63, 3.8) is 0 Å². The molecule has 0 radical (unpaired) electrons. The fraction of sp³-hybridized carbons (Fsp3) is 0.581. The molecular weight excluding hydrogens is 725 g/mol.